The number of benzene rings is 1. The summed E-state index contributed by atoms with van der Waals surface area (Å²) in [4.78, 5) is 35.1. The largest absolute Gasteiger partial charge is 0.466 e. The van der Waals surface area contributed by atoms with Crippen LogP contribution in [0.1, 0.15) is 23.2 Å². The second-order valence-electron chi connectivity index (χ2n) is 5.03. The predicted octanol–water partition coefficient (Wildman–Crippen LogP) is 1.22. The van der Waals surface area contributed by atoms with Gasteiger partial charge in [0.2, 0.25) is 0 Å². The molecule has 0 aromatic heterocycles. The van der Waals surface area contributed by atoms with E-state index in [-0.39, 0.29) is 17.6 Å². The zero-order valence-electron chi connectivity index (χ0n) is 12.9. The molecule has 1 fully saturated rings. The van der Waals surface area contributed by atoms with Crippen molar-refractivity contribution in [1.29, 1.82) is 0 Å². The fourth-order valence-electron chi connectivity index (χ4n) is 1.82. The number of anilines is 1. The van der Waals surface area contributed by atoms with Crippen LogP contribution >= 0.6 is 0 Å². The van der Waals surface area contributed by atoms with E-state index in [1.165, 1.54) is 14.2 Å². The first-order valence-electron chi connectivity index (χ1n) is 7.09. The Morgan fingerprint density at radius 1 is 1.17 bits per heavy atom. The molecule has 1 aliphatic rings. The molecule has 0 heterocycles. The minimum atomic E-state index is -0.719. The first-order valence-corrected chi connectivity index (χ1v) is 7.09. The van der Waals surface area contributed by atoms with Gasteiger partial charge in [0.05, 0.1) is 20.3 Å². The van der Waals surface area contributed by atoms with Crippen LogP contribution < -0.4 is 10.6 Å². The van der Waals surface area contributed by atoms with Crippen LogP contribution in [-0.4, -0.2) is 38.1 Å². The Morgan fingerprint density at radius 3 is 2.52 bits per heavy atom. The zero-order chi connectivity index (χ0) is 16.8. The van der Waals surface area contributed by atoms with Gasteiger partial charge in [-0.15, -0.1) is 0 Å². The lowest BCUT2D eigenvalue weighted by atomic mass is 10.2. The van der Waals surface area contributed by atoms with Crippen LogP contribution in [-0.2, 0) is 19.1 Å². The van der Waals surface area contributed by atoms with Crippen molar-refractivity contribution in [3.63, 3.8) is 0 Å². The monoisotopic (exact) mass is 318 g/mol. The van der Waals surface area contributed by atoms with Gasteiger partial charge in [-0.2, -0.15) is 0 Å². The lowest BCUT2D eigenvalue weighted by Crippen LogP contribution is -2.25. The van der Waals surface area contributed by atoms with Gasteiger partial charge in [-0.3, -0.25) is 4.79 Å². The maximum atomic E-state index is 12.0. The Hall–Kier alpha value is -2.83. The average Bonchev–Trinajstić information content (AvgIpc) is 3.37. The summed E-state index contributed by atoms with van der Waals surface area (Å²) in [6.45, 7) is 0. The second kappa shape index (κ2) is 7.44. The van der Waals surface area contributed by atoms with Crippen molar-refractivity contribution in [1.82, 2.24) is 5.32 Å². The Labute approximate surface area is 133 Å². The number of hydrogen-bond acceptors (Lipinski definition) is 6. The molecule has 0 saturated heterocycles. The van der Waals surface area contributed by atoms with E-state index < -0.39 is 11.9 Å². The summed E-state index contributed by atoms with van der Waals surface area (Å²) in [6.07, 6.45) is 2.98. The van der Waals surface area contributed by atoms with Crippen molar-refractivity contribution in [2.45, 2.75) is 18.9 Å². The third kappa shape index (κ3) is 4.84. The van der Waals surface area contributed by atoms with Crippen LogP contribution in [0, 0.1) is 0 Å². The van der Waals surface area contributed by atoms with Crippen LogP contribution in [0.4, 0.5) is 5.69 Å². The molecule has 1 aromatic carbocycles. The Bertz CT molecular complexity index is 650. The minimum Gasteiger partial charge on any atom is -0.466 e. The number of carbonyl (C=O) groups excluding carboxylic acids is 3. The van der Waals surface area contributed by atoms with Crippen LogP contribution in [0.15, 0.2) is 36.0 Å². The molecule has 1 aromatic rings. The van der Waals surface area contributed by atoms with E-state index in [1.807, 2.05) is 0 Å². The summed E-state index contributed by atoms with van der Waals surface area (Å²) in [7, 11) is 2.41. The third-order valence-electron chi connectivity index (χ3n) is 3.19. The highest BCUT2D eigenvalue weighted by molar-refractivity contribution is 5.99. The highest BCUT2D eigenvalue weighted by Gasteiger charge is 2.23. The zero-order valence-corrected chi connectivity index (χ0v) is 12.9. The molecule has 2 N–H and O–H groups in total. The average molecular weight is 318 g/mol. The van der Waals surface area contributed by atoms with Crippen molar-refractivity contribution in [3.8, 4) is 0 Å². The number of carbonyl (C=O) groups is 3. The maximum Gasteiger partial charge on any atom is 0.354 e. The van der Waals surface area contributed by atoms with E-state index in [1.54, 1.807) is 24.3 Å². The Morgan fingerprint density at radius 2 is 1.91 bits per heavy atom. The molecule has 0 aliphatic heterocycles. The summed E-state index contributed by atoms with van der Waals surface area (Å²) in [5.41, 5.74) is 0.859. The fraction of sp³-hybridized carbons (Fsp3) is 0.312. The van der Waals surface area contributed by atoms with E-state index in [9.17, 15) is 14.4 Å². The van der Waals surface area contributed by atoms with E-state index in [4.69, 9.17) is 0 Å². The number of esters is 2. The molecule has 0 bridgehead atoms. The SMILES string of the molecule is COC(=O)/C=C(/Nc1cccc(C(=O)NC2CC2)c1)C(=O)OC. The van der Waals surface area contributed by atoms with Gasteiger partial charge < -0.3 is 20.1 Å². The molecule has 7 heteroatoms. The summed E-state index contributed by atoms with van der Waals surface area (Å²) < 4.78 is 9.11. The number of ether oxygens (including phenoxy) is 2. The molecule has 23 heavy (non-hydrogen) atoms. The van der Waals surface area contributed by atoms with Gasteiger partial charge in [0.15, 0.2) is 0 Å². The van der Waals surface area contributed by atoms with Gasteiger partial charge >= 0.3 is 11.9 Å². The van der Waals surface area contributed by atoms with Gasteiger partial charge in [0.25, 0.3) is 5.91 Å². The molecule has 0 radical (unpaired) electrons. The molecule has 1 amide bonds. The van der Waals surface area contributed by atoms with Gasteiger partial charge in [-0.25, -0.2) is 9.59 Å². The lowest BCUT2D eigenvalue weighted by molar-refractivity contribution is -0.138. The van der Waals surface area contributed by atoms with Gasteiger partial charge in [-0.1, -0.05) is 6.07 Å². The minimum absolute atomic E-state index is 0.0842. The van der Waals surface area contributed by atoms with E-state index >= 15 is 0 Å². The standard InChI is InChI=1S/C16H18N2O5/c1-22-14(19)9-13(16(21)23-2)17-12-5-3-4-10(8-12)15(20)18-11-6-7-11/h3-5,8-9,11,17H,6-7H2,1-2H3,(H,18,20)/b13-9+. The molecule has 1 saturated carbocycles. The van der Waals surface area contributed by atoms with E-state index in [0.29, 0.717) is 11.3 Å². The summed E-state index contributed by atoms with van der Waals surface area (Å²) in [5.74, 6) is -1.59. The molecular formula is C16H18N2O5. The van der Waals surface area contributed by atoms with Crippen LogP contribution in [0.25, 0.3) is 0 Å². The first kappa shape index (κ1) is 16.5. The Balaban J connectivity index is 2.15. The van der Waals surface area contributed by atoms with Crippen molar-refractivity contribution in [3.05, 3.63) is 41.6 Å². The molecular weight excluding hydrogens is 300 g/mol. The normalized spacial score (nSPS) is 13.9. The fourth-order valence-corrected chi connectivity index (χ4v) is 1.82. The van der Waals surface area contributed by atoms with Gasteiger partial charge in [-0.05, 0) is 31.0 Å². The van der Waals surface area contributed by atoms with Crippen molar-refractivity contribution < 1.29 is 23.9 Å². The van der Waals surface area contributed by atoms with Gasteiger partial charge in [0.1, 0.15) is 5.70 Å². The lowest BCUT2D eigenvalue weighted by Gasteiger charge is -2.10. The molecule has 2 rings (SSSR count). The number of amides is 1. The van der Waals surface area contributed by atoms with Gasteiger partial charge in [0, 0.05) is 17.3 Å². The maximum absolute atomic E-state index is 12.0. The summed E-state index contributed by atoms with van der Waals surface area (Å²) >= 11 is 0. The summed E-state index contributed by atoms with van der Waals surface area (Å²) in [6, 6.07) is 6.86. The van der Waals surface area contributed by atoms with Crippen molar-refractivity contribution in [2.24, 2.45) is 0 Å². The molecule has 7 nitrogen and oxygen atoms in total. The van der Waals surface area contributed by atoms with Crippen molar-refractivity contribution >= 4 is 23.5 Å². The quantitative estimate of drug-likeness (QED) is 0.605. The smallest absolute Gasteiger partial charge is 0.354 e. The topological polar surface area (TPSA) is 93.7 Å². The van der Waals surface area contributed by atoms with Crippen LogP contribution in [0.5, 0.6) is 0 Å². The predicted molar refractivity (Wildman–Crippen MR) is 82.7 cm³/mol. The van der Waals surface area contributed by atoms with E-state index in [2.05, 4.69) is 20.1 Å². The molecule has 0 unspecified atom stereocenters. The molecule has 0 atom stereocenters. The molecule has 0 spiro atoms. The number of rotatable bonds is 6. The molecule has 122 valence electrons. The Kier molecular flexibility index (Phi) is 5.35. The van der Waals surface area contributed by atoms with Crippen LogP contribution in [0.3, 0.4) is 0 Å². The summed E-state index contributed by atoms with van der Waals surface area (Å²) in [5, 5.41) is 5.64. The third-order valence-corrected chi connectivity index (χ3v) is 3.19. The van der Waals surface area contributed by atoms with E-state index in [0.717, 1.165) is 18.9 Å². The highest BCUT2D eigenvalue weighted by Crippen LogP contribution is 2.20. The molecule has 1 aliphatic carbocycles. The van der Waals surface area contributed by atoms with Crippen molar-refractivity contribution in [2.75, 3.05) is 19.5 Å². The second-order valence-corrected chi connectivity index (χ2v) is 5.03. The van der Waals surface area contributed by atoms with Crippen LogP contribution in [0.2, 0.25) is 0 Å². The first-order chi connectivity index (χ1) is 11.0. The number of nitrogens with one attached hydrogen (secondary N) is 2. The number of hydrogen-bond donors (Lipinski definition) is 2. The number of methoxy groups -OCH3 is 2. The highest BCUT2D eigenvalue weighted by atomic mass is 16.5.